The standard InChI is InChI=1S/C21H22ClN3O2/c1-24(2)12-21(7-8-21)14-5-3-13(4-6-14)11-25-19(26)16-9-15(22)10-17(23)18(16)20(25)27/h3-6,9-10H,7-8,11-12,23H2,1-2H3. The van der Waals surface area contributed by atoms with Crippen molar-refractivity contribution in [2.75, 3.05) is 26.4 Å². The fourth-order valence-electron chi connectivity index (χ4n) is 3.99. The first kappa shape index (κ1) is 18.0. The third-order valence-corrected chi connectivity index (χ3v) is 5.67. The summed E-state index contributed by atoms with van der Waals surface area (Å²) in [5.74, 6) is -0.709. The number of carbonyl (C=O) groups is 2. The maximum Gasteiger partial charge on any atom is 0.263 e. The highest BCUT2D eigenvalue weighted by atomic mass is 35.5. The van der Waals surface area contributed by atoms with Gasteiger partial charge >= 0.3 is 0 Å². The highest BCUT2D eigenvalue weighted by molar-refractivity contribution is 6.33. The molecular weight excluding hydrogens is 362 g/mol. The molecule has 0 aromatic heterocycles. The van der Waals surface area contributed by atoms with Gasteiger partial charge in [-0.3, -0.25) is 14.5 Å². The van der Waals surface area contributed by atoms with Gasteiger partial charge in [-0.15, -0.1) is 0 Å². The van der Waals surface area contributed by atoms with Crippen LogP contribution in [0.2, 0.25) is 5.02 Å². The Bertz CT molecular complexity index is 933. The predicted molar refractivity (Wildman–Crippen MR) is 106 cm³/mol. The topological polar surface area (TPSA) is 66.6 Å². The number of carbonyl (C=O) groups excluding carboxylic acids is 2. The minimum atomic E-state index is -0.362. The molecule has 1 aliphatic heterocycles. The third-order valence-electron chi connectivity index (χ3n) is 5.45. The number of benzene rings is 2. The molecule has 0 saturated heterocycles. The van der Waals surface area contributed by atoms with Crippen molar-refractivity contribution in [2.45, 2.75) is 24.8 Å². The maximum absolute atomic E-state index is 12.7. The minimum Gasteiger partial charge on any atom is -0.398 e. The zero-order chi connectivity index (χ0) is 19.3. The summed E-state index contributed by atoms with van der Waals surface area (Å²) in [5, 5.41) is 0.356. The fraction of sp³-hybridized carbons (Fsp3) is 0.333. The molecule has 140 valence electrons. The monoisotopic (exact) mass is 383 g/mol. The second-order valence-electron chi connectivity index (χ2n) is 7.83. The van der Waals surface area contributed by atoms with Crippen molar-refractivity contribution in [3.8, 4) is 0 Å². The molecule has 2 amide bonds. The van der Waals surface area contributed by atoms with Crippen LogP contribution in [0.15, 0.2) is 36.4 Å². The van der Waals surface area contributed by atoms with Gasteiger partial charge in [-0.05, 0) is 50.2 Å². The maximum atomic E-state index is 12.7. The van der Waals surface area contributed by atoms with Crippen LogP contribution < -0.4 is 5.73 Å². The van der Waals surface area contributed by atoms with Crippen LogP contribution in [0.5, 0.6) is 0 Å². The smallest absolute Gasteiger partial charge is 0.263 e. The van der Waals surface area contributed by atoms with Crippen molar-refractivity contribution in [1.29, 1.82) is 0 Å². The Morgan fingerprint density at radius 1 is 1.11 bits per heavy atom. The van der Waals surface area contributed by atoms with E-state index in [1.165, 1.54) is 35.4 Å². The molecule has 5 nitrogen and oxygen atoms in total. The molecule has 2 aromatic carbocycles. The summed E-state index contributed by atoms with van der Waals surface area (Å²) in [6.07, 6.45) is 2.39. The Morgan fingerprint density at radius 2 is 1.78 bits per heavy atom. The van der Waals surface area contributed by atoms with E-state index in [4.69, 9.17) is 17.3 Å². The molecule has 2 N–H and O–H groups in total. The third kappa shape index (κ3) is 3.11. The SMILES string of the molecule is CN(C)CC1(c2ccc(CN3C(=O)c4cc(Cl)cc(N)c4C3=O)cc2)CC1. The quantitative estimate of drug-likeness (QED) is 0.635. The molecule has 0 atom stereocenters. The molecule has 1 saturated carbocycles. The first-order valence-electron chi connectivity index (χ1n) is 9.00. The molecule has 2 aromatic rings. The Labute approximate surface area is 163 Å². The number of anilines is 1. The van der Waals surface area contributed by atoms with E-state index in [-0.39, 0.29) is 40.6 Å². The predicted octanol–water partition coefficient (Wildman–Crippen LogP) is 3.31. The zero-order valence-electron chi connectivity index (χ0n) is 15.5. The molecule has 0 unspecified atom stereocenters. The minimum absolute atomic E-state index is 0.227. The zero-order valence-corrected chi connectivity index (χ0v) is 16.2. The van der Waals surface area contributed by atoms with E-state index in [1.807, 2.05) is 12.1 Å². The van der Waals surface area contributed by atoms with E-state index in [0.29, 0.717) is 5.02 Å². The molecule has 1 fully saturated rings. The van der Waals surface area contributed by atoms with E-state index in [0.717, 1.165) is 12.1 Å². The fourth-order valence-corrected chi connectivity index (χ4v) is 4.22. The van der Waals surface area contributed by atoms with Crippen molar-refractivity contribution >= 4 is 29.1 Å². The van der Waals surface area contributed by atoms with Gasteiger partial charge in [0.05, 0.1) is 17.7 Å². The first-order valence-corrected chi connectivity index (χ1v) is 9.38. The summed E-state index contributed by atoms with van der Waals surface area (Å²) < 4.78 is 0. The molecule has 4 rings (SSSR count). The van der Waals surface area contributed by atoms with Crippen LogP contribution in [0.3, 0.4) is 0 Å². The lowest BCUT2D eigenvalue weighted by atomic mass is 9.94. The number of amides is 2. The molecular formula is C21H22ClN3O2. The molecule has 2 aliphatic rings. The average Bonchev–Trinajstić information content (AvgIpc) is 3.33. The van der Waals surface area contributed by atoms with Gasteiger partial charge in [0.1, 0.15) is 0 Å². The van der Waals surface area contributed by atoms with Crippen LogP contribution in [-0.4, -0.2) is 42.3 Å². The first-order chi connectivity index (χ1) is 12.8. The average molecular weight is 384 g/mol. The van der Waals surface area contributed by atoms with Crippen LogP contribution in [0.25, 0.3) is 0 Å². The van der Waals surface area contributed by atoms with Gasteiger partial charge in [0.15, 0.2) is 0 Å². The number of nitrogens with zero attached hydrogens (tertiary/aromatic N) is 2. The van der Waals surface area contributed by atoms with Crippen LogP contribution in [-0.2, 0) is 12.0 Å². The lowest BCUT2D eigenvalue weighted by Gasteiger charge is -2.21. The number of fused-ring (bicyclic) bond motifs is 1. The van der Waals surface area contributed by atoms with E-state index >= 15 is 0 Å². The molecule has 0 spiro atoms. The Balaban J connectivity index is 1.54. The number of likely N-dealkylation sites (N-methyl/N-ethyl adjacent to an activating group) is 1. The van der Waals surface area contributed by atoms with Crippen LogP contribution in [0.1, 0.15) is 44.7 Å². The molecule has 6 heteroatoms. The van der Waals surface area contributed by atoms with E-state index < -0.39 is 0 Å². The van der Waals surface area contributed by atoms with Crippen molar-refractivity contribution in [1.82, 2.24) is 9.80 Å². The lowest BCUT2D eigenvalue weighted by molar-refractivity contribution is 0.0642. The Hall–Kier alpha value is -2.37. The second-order valence-corrected chi connectivity index (χ2v) is 8.27. The number of nitrogen functional groups attached to an aromatic ring is 1. The summed E-state index contributed by atoms with van der Waals surface area (Å²) in [5.41, 5.74) is 9.17. The molecule has 1 heterocycles. The number of imide groups is 1. The summed E-state index contributed by atoms with van der Waals surface area (Å²) in [6, 6.07) is 11.3. The van der Waals surface area contributed by atoms with Crippen LogP contribution in [0.4, 0.5) is 5.69 Å². The van der Waals surface area contributed by atoms with Crippen LogP contribution >= 0.6 is 11.6 Å². The van der Waals surface area contributed by atoms with Gasteiger partial charge in [0, 0.05) is 22.7 Å². The van der Waals surface area contributed by atoms with Crippen molar-refractivity contribution in [2.24, 2.45) is 0 Å². The number of hydrogen-bond donors (Lipinski definition) is 1. The molecule has 1 aliphatic carbocycles. The highest BCUT2D eigenvalue weighted by Crippen LogP contribution is 2.48. The summed E-state index contributed by atoms with van der Waals surface area (Å²) in [4.78, 5) is 28.8. The Morgan fingerprint density at radius 3 is 2.37 bits per heavy atom. The molecule has 0 radical (unpaired) electrons. The normalized spacial score (nSPS) is 17.6. The van der Waals surface area contributed by atoms with Gasteiger partial charge in [-0.2, -0.15) is 0 Å². The van der Waals surface area contributed by atoms with Gasteiger partial charge < -0.3 is 10.6 Å². The van der Waals surface area contributed by atoms with Crippen LogP contribution in [0, 0.1) is 0 Å². The summed E-state index contributed by atoms with van der Waals surface area (Å²) in [7, 11) is 4.18. The summed E-state index contributed by atoms with van der Waals surface area (Å²) >= 11 is 5.99. The molecule has 27 heavy (non-hydrogen) atoms. The largest absolute Gasteiger partial charge is 0.398 e. The van der Waals surface area contributed by atoms with Crippen molar-refractivity contribution < 1.29 is 9.59 Å². The van der Waals surface area contributed by atoms with Gasteiger partial charge in [0.25, 0.3) is 11.8 Å². The van der Waals surface area contributed by atoms with E-state index in [1.54, 1.807) is 0 Å². The number of hydrogen-bond acceptors (Lipinski definition) is 4. The van der Waals surface area contributed by atoms with Crippen molar-refractivity contribution in [3.05, 3.63) is 63.7 Å². The summed E-state index contributed by atoms with van der Waals surface area (Å²) in [6.45, 7) is 1.26. The van der Waals surface area contributed by atoms with Gasteiger partial charge in [-0.1, -0.05) is 35.9 Å². The second kappa shape index (κ2) is 6.36. The van der Waals surface area contributed by atoms with Gasteiger partial charge in [-0.25, -0.2) is 0 Å². The highest BCUT2D eigenvalue weighted by Gasteiger charge is 2.44. The van der Waals surface area contributed by atoms with E-state index in [9.17, 15) is 9.59 Å². The molecule has 0 bridgehead atoms. The van der Waals surface area contributed by atoms with Crippen molar-refractivity contribution in [3.63, 3.8) is 0 Å². The lowest BCUT2D eigenvalue weighted by Crippen LogP contribution is -2.29. The number of rotatable bonds is 5. The Kier molecular flexibility index (Phi) is 4.24. The van der Waals surface area contributed by atoms with E-state index in [2.05, 4.69) is 31.1 Å². The van der Waals surface area contributed by atoms with Gasteiger partial charge in [0.2, 0.25) is 0 Å². The number of nitrogens with two attached hydrogens (primary N) is 1. The number of halogens is 1.